The van der Waals surface area contributed by atoms with Gasteiger partial charge in [-0.1, -0.05) is 13.8 Å². The van der Waals surface area contributed by atoms with E-state index >= 15 is 0 Å². The number of nitrogens with one attached hydrogen (secondary N) is 1. The summed E-state index contributed by atoms with van der Waals surface area (Å²) in [6.45, 7) is 12.7. The Hall–Kier alpha value is -0.870. The molecule has 0 aliphatic heterocycles. The van der Waals surface area contributed by atoms with E-state index in [1.54, 1.807) is 7.11 Å². The van der Waals surface area contributed by atoms with Gasteiger partial charge in [-0.05, 0) is 46.2 Å². The van der Waals surface area contributed by atoms with E-state index in [0.717, 1.165) is 32.4 Å². The van der Waals surface area contributed by atoms with Crippen molar-refractivity contribution in [3.63, 3.8) is 0 Å². The van der Waals surface area contributed by atoms with Crippen LogP contribution in [0, 0.1) is 0 Å². The minimum atomic E-state index is -0.0997. The Kier molecular flexibility index (Phi) is 6.69. The standard InChI is InChI=1S/C16H31N3O/c1-7-13-10-15(19(9-3)18-13)11-14(17-8-2)12-16(4,5)20-6/h10,14,17H,7-9,11-12H2,1-6H3. The van der Waals surface area contributed by atoms with E-state index in [1.165, 1.54) is 11.4 Å². The second kappa shape index (κ2) is 7.79. The number of aryl methyl sites for hydroxylation is 2. The first-order chi connectivity index (χ1) is 9.45. The molecule has 0 aromatic carbocycles. The van der Waals surface area contributed by atoms with E-state index in [2.05, 4.69) is 55.8 Å². The van der Waals surface area contributed by atoms with Gasteiger partial charge in [0.05, 0.1) is 11.3 Å². The van der Waals surface area contributed by atoms with E-state index in [0.29, 0.717) is 6.04 Å². The Labute approximate surface area is 123 Å². The molecule has 4 heteroatoms. The summed E-state index contributed by atoms with van der Waals surface area (Å²) in [6.07, 6.45) is 2.99. The molecule has 1 rings (SSSR count). The normalized spacial score (nSPS) is 13.7. The van der Waals surface area contributed by atoms with Gasteiger partial charge < -0.3 is 10.1 Å². The molecule has 116 valence electrons. The van der Waals surface area contributed by atoms with E-state index in [-0.39, 0.29) is 5.60 Å². The summed E-state index contributed by atoms with van der Waals surface area (Å²) in [7, 11) is 1.79. The highest BCUT2D eigenvalue weighted by Crippen LogP contribution is 2.19. The molecule has 0 saturated heterocycles. The molecule has 0 saturated carbocycles. The van der Waals surface area contributed by atoms with Gasteiger partial charge in [-0.15, -0.1) is 0 Å². The molecule has 20 heavy (non-hydrogen) atoms. The summed E-state index contributed by atoms with van der Waals surface area (Å²) in [5, 5.41) is 8.21. The molecular formula is C16H31N3O. The first kappa shape index (κ1) is 17.2. The Morgan fingerprint density at radius 1 is 1.35 bits per heavy atom. The number of ether oxygens (including phenoxy) is 1. The van der Waals surface area contributed by atoms with Crippen molar-refractivity contribution in [1.82, 2.24) is 15.1 Å². The number of hydrogen-bond acceptors (Lipinski definition) is 3. The summed E-state index contributed by atoms with van der Waals surface area (Å²) in [5.41, 5.74) is 2.41. The van der Waals surface area contributed by atoms with E-state index in [1.807, 2.05) is 0 Å². The van der Waals surface area contributed by atoms with Crippen molar-refractivity contribution in [2.75, 3.05) is 13.7 Å². The molecule has 1 atom stereocenters. The summed E-state index contributed by atoms with van der Waals surface area (Å²) in [4.78, 5) is 0. The van der Waals surface area contributed by atoms with Crippen molar-refractivity contribution >= 4 is 0 Å². The molecule has 1 aromatic heterocycles. The molecule has 1 N–H and O–H groups in total. The quantitative estimate of drug-likeness (QED) is 0.756. The third-order valence-electron chi connectivity index (χ3n) is 3.81. The summed E-state index contributed by atoms with van der Waals surface area (Å²) < 4.78 is 7.70. The maximum absolute atomic E-state index is 5.57. The summed E-state index contributed by atoms with van der Waals surface area (Å²) in [6, 6.07) is 2.66. The van der Waals surface area contributed by atoms with Crippen LogP contribution in [0.1, 0.15) is 52.4 Å². The van der Waals surface area contributed by atoms with Crippen molar-refractivity contribution in [2.24, 2.45) is 0 Å². The molecule has 1 unspecified atom stereocenters. The van der Waals surface area contributed by atoms with Crippen molar-refractivity contribution in [2.45, 2.75) is 72.1 Å². The number of methoxy groups -OCH3 is 1. The van der Waals surface area contributed by atoms with E-state index in [4.69, 9.17) is 4.74 Å². The van der Waals surface area contributed by atoms with Crippen LogP contribution in [0.25, 0.3) is 0 Å². The van der Waals surface area contributed by atoms with Gasteiger partial charge in [-0.25, -0.2) is 0 Å². The summed E-state index contributed by atoms with van der Waals surface area (Å²) in [5.74, 6) is 0. The highest BCUT2D eigenvalue weighted by molar-refractivity contribution is 5.12. The lowest BCUT2D eigenvalue weighted by atomic mass is 9.95. The fourth-order valence-electron chi connectivity index (χ4n) is 2.56. The van der Waals surface area contributed by atoms with Crippen LogP contribution in [0.3, 0.4) is 0 Å². The van der Waals surface area contributed by atoms with Gasteiger partial charge in [0.15, 0.2) is 0 Å². The fourth-order valence-corrected chi connectivity index (χ4v) is 2.56. The Balaban J connectivity index is 2.81. The number of hydrogen-bond donors (Lipinski definition) is 1. The molecule has 0 aliphatic rings. The molecule has 0 bridgehead atoms. The molecule has 0 radical (unpaired) electrons. The van der Waals surface area contributed by atoms with Gasteiger partial charge in [0, 0.05) is 31.8 Å². The van der Waals surface area contributed by atoms with Crippen LogP contribution in [0.15, 0.2) is 6.07 Å². The Morgan fingerprint density at radius 2 is 2.05 bits per heavy atom. The lowest BCUT2D eigenvalue weighted by Gasteiger charge is -2.29. The zero-order valence-electron chi connectivity index (χ0n) is 14.0. The third-order valence-corrected chi connectivity index (χ3v) is 3.81. The van der Waals surface area contributed by atoms with Gasteiger partial charge in [-0.3, -0.25) is 4.68 Å². The van der Waals surface area contributed by atoms with Crippen LogP contribution < -0.4 is 5.32 Å². The largest absolute Gasteiger partial charge is 0.379 e. The predicted molar refractivity (Wildman–Crippen MR) is 84.2 cm³/mol. The van der Waals surface area contributed by atoms with Gasteiger partial charge in [-0.2, -0.15) is 5.10 Å². The van der Waals surface area contributed by atoms with Crippen LogP contribution in [0.5, 0.6) is 0 Å². The molecule has 0 spiro atoms. The first-order valence-electron chi connectivity index (χ1n) is 7.79. The van der Waals surface area contributed by atoms with Crippen LogP contribution >= 0.6 is 0 Å². The molecule has 0 aliphatic carbocycles. The highest BCUT2D eigenvalue weighted by atomic mass is 16.5. The fraction of sp³-hybridized carbons (Fsp3) is 0.812. The molecule has 0 fully saturated rings. The molecule has 1 aromatic rings. The zero-order chi connectivity index (χ0) is 15.2. The number of nitrogens with zero attached hydrogens (tertiary/aromatic N) is 2. The second-order valence-corrected chi connectivity index (χ2v) is 5.92. The SMILES string of the molecule is CCNC(Cc1cc(CC)nn1CC)CC(C)(C)OC. The van der Waals surface area contributed by atoms with Crippen molar-refractivity contribution in [3.05, 3.63) is 17.5 Å². The van der Waals surface area contributed by atoms with E-state index in [9.17, 15) is 0 Å². The minimum absolute atomic E-state index is 0.0997. The molecule has 4 nitrogen and oxygen atoms in total. The number of aromatic nitrogens is 2. The minimum Gasteiger partial charge on any atom is -0.379 e. The van der Waals surface area contributed by atoms with Crippen LogP contribution in [0.2, 0.25) is 0 Å². The Bertz CT molecular complexity index is 398. The highest BCUT2D eigenvalue weighted by Gasteiger charge is 2.23. The number of rotatable bonds is 9. The third kappa shape index (κ3) is 4.91. The van der Waals surface area contributed by atoms with Gasteiger partial charge >= 0.3 is 0 Å². The monoisotopic (exact) mass is 281 g/mol. The van der Waals surface area contributed by atoms with Crippen LogP contribution in [0.4, 0.5) is 0 Å². The lowest BCUT2D eigenvalue weighted by Crippen LogP contribution is -2.39. The zero-order valence-corrected chi connectivity index (χ0v) is 14.0. The van der Waals surface area contributed by atoms with Gasteiger partial charge in [0.1, 0.15) is 0 Å². The van der Waals surface area contributed by atoms with Crippen LogP contribution in [-0.4, -0.2) is 35.1 Å². The number of likely N-dealkylation sites (N-methyl/N-ethyl adjacent to an activating group) is 1. The Morgan fingerprint density at radius 3 is 2.55 bits per heavy atom. The average Bonchev–Trinajstić information content (AvgIpc) is 2.81. The maximum Gasteiger partial charge on any atom is 0.0637 e. The predicted octanol–water partition coefficient (Wildman–Crippen LogP) is 2.80. The van der Waals surface area contributed by atoms with Crippen molar-refractivity contribution < 1.29 is 4.74 Å². The van der Waals surface area contributed by atoms with Crippen molar-refractivity contribution in [3.8, 4) is 0 Å². The second-order valence-electron chi connectivity index (χ2n) is 5.92. The molecule has 1 heterocycles. The lowest BCUT2D eigenvalue weighted by molar-refractivity contribution is 0.00712. The molecular weight excluding hydrogens is 250 g/mol. The van der Waals surface area contributed by atoms with Crippen molar-refractivity contribution in [1.29, 1.82) is 0 Å². The van der Waals surface area contributed by atoms with E-state index < -0.39 is 0 Å². The van der Waals surface area contributed by atoms with Crippen LogP contribution in [-0.2, 0) is 24.1 Å². The van der Waals surface area contributed by atoms with Gasteiger partial charge in [0.25, 0.3) is 0 Å². The van der Waals surface area contributed by atoms with Gasteiger partial charge in [0.2, 0.25) is 0 Å². The first-order valence-corrected chi connectivity index (χ1v) is 7.79. The summed E-state index contributed by atoms with van der Waals surface area (Å²) >= 11 is 0. The maximum atomic E-state index is 5.57. The smallest absolute Gasteiger partial charge is 0.0637 e. The topological polar surface area (TPSA) is 39.1 Å². The molecule has 0 amide bonds. The average molecular weight is 281 g/mol.